The van der Waals surface area contributed by atoms with Crippen molar-refractivity contribution in [2.24, 2.45) is 5.73 Å². The van der Waals surface area contributed by atoms with Gasteiger partial charge >= 0.3 is 0 Å². The van der Waals surface area contributed by atoms with Crippen LogP contribution in [0.2, 0.25) is 0 Å². The number of hydrogen-bond donors (Lipinski definition) is 2. The van der Waals surface area contributed by atoms with Crippen LogP contribution in [0.4, 0.5) is 5.69 Å². The minimum Gasteiger partial charge on any atom is -0.377 e. The van der Waals surface area contributed by atoms with E-state index >= 15 is 0 Å². The van der Waals surface area contributed by atoms with E-state index in [-0.39, 0.29) is 0 Å². The highest BCUT2D eigenvalue weighted by molar-refractivity contribution is 5.99. The standard InChI is InChI=1S/C15H20N4O/c1-10(2)19-8-7-17-13(19)9-18-12-6-4-5-11(3)14(12)15(16)20/h4-8,10,18H,9H2,1-3H3,(H2,16,20). The van der Waals surface area contributed by atoms with Gasteiger partial charge in [0.25, 0.3) is 5.91 Å². The van der Waals surface area contributed by atoms with Crippen molar-refractivity contribution < 1.29 is 4.79 Å². The molecule has 5 nitrogen and oxygen atoms in total. The Bertz CT molecular complexity index is 616. The number of primary amides is 1. The third kappa shape index (κ3) is 2.82. The Labute approximate surface area is 118 Å². The molecule has 5 heteroatoms. The highest BCUT2D eigenvalue weighted by atomic mass is 16.1. The van der Waals surface area contributed by atoms with Gasteiger partial charge in [-0.25, -0.2) is 4.98 Å². The van der Waals surface area contributed by atoms with Crippen LogP contribution in [-0.2, 0) is 6.54 Å². The molecule has 1 amide bonds. The van der Waals surface area contributed by atoms with Gasteiger partial charge in [0.05, 0.1) is 12.1 Å². The first kappa shape index (κ1) is 14.1. The molecular weight excluding hydrogens is 252 g/mol. The van der Waals surface area contributed by atoms with Gasteiger partial charge in [0, 0.05) is 24.1 Å². The largest absolute Gasteiger partial charge is 0.377 e. The normalized spacial score (nSPS) is 10.8. The van der Waals surface area contributed by atoms with Crippen LogP contribution in [0, 0.1) is 6.92 Å². The second-order valence-corrected chi connectivity index (χ2v) is 5.06. The van der Waals surface area contributed by atoms with Gasteiger partial charge in [-0.3, -0.25) is 4.79 Å². The maximum Gasteiger partial charge on any atom is 0.251 e. The van der Waals surface area contributed by atoms with Crippen molar-refractivity contribution in [1.82, 2.24) is 9.55 Å². The fourth-order valence-corrected chi connectivity index (χ4v) is 2.27. The first-order valence-electron chi connectivity index (χ1n) is 6.65. The number of nitrogens with one attached hydrogen (secondary N) is 1. The molecule has 0 saturated carbocycles. The topological polar surface area (TPSA) is 72.9 Å². The molecule has 20 heavy (non-hydrogen) atoms. The van der Waals surface area contributed by atoms with E-state index in [0.29, 0.717) is 18.2 Å². The third-order valence-corrected chi connectivity index (χ3v) is 3.26. The zero-order valence-corrected chi connectivity index (χ0v) is 12.1. The van der Waals surface area contributed by atoms with Crippen LogP contribution < -0.4 is 11.1 Å². The number of nitrogens with two attached hydrogens (primary N) is 1. The van der Waals surface area contributed by atoms with E-state index < -0.39 is 5.91 Å². The average molecular weight is 272 g/mol. The molecule has 106 valence electrons. The maximum absolute atomic E-state index is 11.5. The van der Waals surface area contributed by atoms with Gasteiger partial charge < -0.3 is 15.6 Å². The number of anilines is 1. The number of aryl methyl sites for hydroxylation is 1. The van der Waals surface area contributed by atoms with Gasteiger partial charge in [-0.05, 0) is 32.4 Å². The summed E-state index contributed by atoms with van der Waals surface area (Å²) >= 11 is 0. The van der Waals surface area contributed by atoms with Crippen LogP contribution in [-0.4, -0.2) is 15.5 Å². The first-order valence-corrected chi connectivity index (χ1v) is 6.65. The van der Waals surface area contributed by atoms with Crippen molar-refractivity contribution in [2.75, 3.05) is 5.32 Å². The molecule has 0 aliphatic carbocycles. The predicted molar refractivity (Wildman–Crippen MR) is 79.6 cm³/mol. The molecule has 2 aromatic rings. The monoisotopic (exact) mass is 272 g/mol. The highest BCUT2D eigenvalue weighted by Gasteiger charge is 2.12. The van der Waals surface area contributed by atoms with Crippen molar-refractivity contribution >= 4 is 11.6 Å². The number of carbonyl (C=O) groups excluding carboxylic acids is 1. The van der Waals surface area contributed by atoms with Crippen molar-refractivity contribution in [3.05, 3.63) is 47.5 Å². The lowest BCUT2D eigenvalue weighted by molar-refractivity contribution is 0.100. The minimum absolute atomic E-state index is 0.349. The van der Waals surface area contributed by atoms with Crippen LogP contribution in [0.1, 0.15) is 41.6 Å². The van der Waals surface area contributed by atoms with Crippen LogP contribution in [0.15, 0.2) is 30.6 Å². The Morgan fingerprint density at radius 1 is 1.45 bits per heavy atom. The number of hydrogen-bond acceptors (Lipinski definition) is 3. The summed E-state index contributed by atoms with van der Waals surface area (Å²) in [4.78, 5) is 15.9. The highest BCUT2D eigenvalue weighted by Crippen LogP contribution is 2.20. The minimum atomic E-state index is -0.419. The number of benzene rings is 1. The lowest BCUT2D eigenvalue weighted by Crippen LogP contribution is -2.17. The van der Waals surface area contributed by atoms with E-state index in [2.05, 4.69) is 28.7 Å². The Balaban J connectivity index is 2.21. The molecule has 0 spiro atoms. The van der Waals surface area contributed by atoms with E-state index in [0.717, 1.165) is 17.1 Å². The Hall–Kier alpha value is -2.30. The van der Waals surface area contributed by atoms with E-state index in [1.54, 1.807) is 6.20 Å². The molecule has 0 saturated heterocycles. The number of carbonyl (C=O) groups is 1. The summed E-state index contributed by atoms with van der Waals surface area (Å²) in [6.07, 6.45) is 3.73. The molecule has 0 aliphatic rings. The number of rotatable bonds is 5. The van der Waals surface area contributed by atoms with Gasteiger partial charge in [0.15, 0.2) is 0 Å². The summed E-state index contributed by atoms with van der Waals surface area (Å²) in [7, 11) is 0. The number of aromatic nitrogens is 2. The van der Waals surface area contributed by atoms with Gasteiger partial charge in [-0.1, -0.05) is 12.1 Å². The summed E-state index contributed by atoms with van der Waals surface area (Å²) in [6.45, 7) is 6.63. The lowest BCUT2D eigenvalue weighted by atomic mass is 10.1. The van der Waals surface area contributed by atoms with Crippen molar-refractivity contribution in [2.45, 2.75) is 33.4 Å². The van der Waals surface area contributed by atoms with Gasteiger partial charge in [0.1, 0.15) is 5.82 Å². The van der Waals surface area contributed by atoms with Gasteiger partial charge in [-0.15, -0.1) is 0 Å². The average Bonchev–Trinajstić information content (AvgIpc) is 2.84. The SMILES string of the molecule is Cc1cccc(NCc2nccn2C(C)C)c1C(N)=O. The molecule has 2 rings (SSSR count). The number of nitrogens with zero attached hydrogens (tertiary/aromatic N) is 2. The van der Waals surface area contributed by atoms with E-state index in [1.807, 2.05) is 31.3 Å². The van der Waals surface area contributed by atoms with E-state index in [4.69, 9.17) is 5.73 Å². The Morgan fingerprint density at radius 3 is 2.85 bits per heavy atom. The second-order valence-electron chi connectivity index (χ2n) is 5.06. The fraction of sp³-hybridized carbons (Fsp3) is 0.333. The molecule has 0 atom stereocenters. The van der Waals surface area contributed by atoms with Crippen LogP contribution in [0.3, 0.4) is 0 Å². The molecule has 0 unspecified atom stereocenters. The molecular formula is C15H20N4O. The Morgan fingerprint density at radius 2 is 2.20 bits per heavy atom. The van der Waals surface area contributed by atoms with E-state index in [1.165, 1.54) is 0 Å². The molecule has 0 fully saturated rings. The summed E-state index contributed by atoms with van der Waals surface area (Å²) in [5.41, 5.74) is 7.60. The maximum atomic E-state index is 11.5. The first-order chi connectivity index (χ1) is 9.50. The third-order valence-electron chi connectivity index (χ3n) is 3.26. The molecule has 1 aromatic carbocycles. The summed E-state index contributed by atoms with van der Waals surface area (Å²) < 4.78 is 2.09. The molecule has 3 N–H and O–H groups in total. The van der Waals surface area contributed by atoms with Crippen molar-refractivity contribution in [3.63, 3.8) is 0 Å². The van der Waals surface area contributed by atoms with Crippen molar-refractivity contribution in [3.8, 4) is 0 Å². The molecule has 1 aromatic heterocycles. The van der Waals surface area contributed by atoms with E-state index in [9.17, 15) is 4.79 Å². The second kappa shape index (κ2) is 5.77. The van der Waals surface area contributed by atoms with Crippen LogP contribution in [0.5, 0.6) is 0 Å². The molecule has 0 radical (unpaired) electrons. The Kier molecular flexibility index (Phi) is 4.08. The van der Waals surface area contributed by atoms with Gasteiger partial charge in [0.2, 0.25) is 0 Å². The number of imidazole rings is 1. The van der Waals surface area contributed by atoms with Crippen LogP contribution in [0.25, 0.3) is 0 Å². The van der Waals surface area contributed by atoms with Crippen molar-refractivity contribution in [1.29, 1.82) is 0 Å². The zero-order valence-electron chi connectivity index (χ0n) is 12.1. The quantitative estimate of drug-likeness (QED) is 0.878. The lowest BCUT2D eigenvalue weighted by Gasteiger charge is -2.14. The summed E-state index contributed by atoms with van der Waals surface area (Å²) in [6, 6.07) is 5.98. The number of amides is 1. The summed E-state index contributed by atoms with van der Waals surface area (Å²) in [5.74, 6) is 0.509. The zero-order chi connectivity index (χ0) is 14.7. The molecule has 0 aliphatic heterocycles. The molecule has 1 heterocycles. The fourth-order valence-electron chi connectivity index (χ4n) is 2.27. The van der Waals surface area contributed by atoms with Crippen LogP contribution >= 0.6 is 0 Å². The predicted octanol–water partition coefficient (Wildman–Crippen LogP) is 2.48. The summed E-state index contributed by atoms with van der Waals surface area (Å²) in [5, 5.41) is 3.25. The molecule has 0 bridgehead atoms. The smallest absolute Gasteiger partial charge is 0.251 e. The van der Waals surface area contributed by atoms with Gasteiger partial charge in [-0.2, -0.15) is 0 Å².